The van der Waals surface area contributed by atoms with Gasteiger partial charge in [-0.15, -0.1) is 10.2 Å². The Morgan fingerprint density at radius 1 is 1.08 bits per heavy atom. The number of carbonyl (C=O) groups is 3. The van der Waals surface area contributed by atoms with Gasteiger partial charge in [-0.05, 0) is 25.7 Å². The van der Waals surface area contributed by atoms with Gasteiger partial charge in [0.25, 0.3) is 5.91 Å². The molecule has 0 unspecified atom stereocenters. The van der Waals surface area contributed by atoms with Gasteiger partial charge in [0, 0.05) is 32.0 Å². The Morgan fingerprint density at radius 2 is 1.88 bits per heavy atom. The van der Waals surface area contributed by atoms with E-state index in [9.17, 15) is 14.4 Å². The molecule has 4 rings (SSSR count). The molecule has 0 bridgehead atoms. The Morgan fingerprint density at radius 3 is 2.62 bits per heavy atom. The Hall–Kier alpha value is -2.45. The van der Waals surface area contributed by atoms with E-state index in [2.05, 4.69) is 25.4 Å². The summed E-state index contributed by atoms with van der Waals surface area (Å²) in [4.78, 5) is 37.0. The summed E-state index contributed by atoms with van der Waals surface area (Å²) in [5.41, 5.74) is 0. The van der Waals surface area contributed by atoms with Crippen molar-refractivity contribution in [1.29, 1.82) is 0 Å². The SMILES string of the molecule is O=C1NC(=O)[C@@H](CC(=O)N2CCC(c3nnc4n3CCCCC4)CC2)N1. The number of aryl methyl sites for hydroxylation is 1. The van der Waals surface area contributed by atoms with E-state index in [0.717, 1.165) is 37.5 Å². The van der Waals surface area contributed by atoms with Crippen molar-refractivity contribution in [3.63, 3.8) is 0 Å². The van der Waals surface area contributed by atoms with Gasteiger partial charge in [0.1, 0.15) is 17.7 Å². The number of likely N-dealkylation sites (tertiary alicyclic amines) is 1. The molecule has 0 aromatic carbocycles. The lowest BCUT2D eigenvalue weighted by atomic mass is 9.95. The first-order chi connectivity index (χ1) is 12.6. The van der Waals surface area contributed by atoms with E-state index in [-0.39, 0.29) is 12.3 Å². The number of hydrogen-bond donors (Lipinski definition) is 2. The largest absolute Gasteiger partial charge is 0.343 e. The van der Waals surface area contributed by atoms with Crippen molar-refractivity contribution in [3.8, 4) is 0 Å². The van der Waals surface area contributed by atoms with Crippen molar-refractivity contribution in [2.75, 3.05) is 13.1 Å². The molecule has 9 heteroatoms. The summed E-state index contributed by atoms with van der Waals surface area (Å²) < 4.78 is 2.29. The van der Waals surface area contributed by atoms with Gasteiger partial charge in [0.15, 0.2) is 0 Å². The van der Waals surface area contributed by atoms with Crippen LogP contribution in [-0.4, -0.2) is 56.6 Å². The molecule has 0 saturated carbocycles. The average Bonchev–Trinajstić information content (AvgIpc) is 3.08. The highest BCUT2D eigenvalue weighted by Gasteiger charge is 2.34. The Kier molecular flexibility index (Phi) is 4.60. The van der Waals surface area contributed by atoms with Crippen LogP contribution in [0.25, 0.3) is 0 Å². The molecule has 4 amide bonds. The first kappa shape index (κ1) is 17.0. The van der Waals surface area contributed by atoms with Crippen molar-refractivity contribution in [1.82, 2.24) is 30.3 Å². The quantitative estimate of drug-likeness (QED) is 0.754. The number of rotatable bonds is 3. The van der Waals surface area contributed by atoms with Crippen LogP contribution >= 0.6 is 0 Å². The average molecular weight is 360 g/mol. The lowest BCUT2D eigenvalue weighted by molar-refractivity contribution is -0.134. The van der Waals surface area contributed by atoms with Crippen LogP contribution in [-0.2, 0) is 22.6 Å². The molecule has 3 aliphatic heterocycles. The molecule has 2 saturated heterocycles. The molecule has 0 aliphatic carbocycles. The maximum absolute atomic E-state index is 12.4. The molecular weight excluding hydrogens is 336 g/mol. The number of piperidine rings is 1. The number of fused-ring (bicyclic) bond motifs is 1. The fourth-order valence-electron chi connectivity index (χ4n) is 4.10. The monoisotopic (exact) mass is 360 g/mol. The van der Waals surface area contributed by atoms with Gasteiger partial charge in [-0.25, -0.2) is 4.79 Å². The van der Waals surface area contributed by atoms with Crippen LogP contribution in [0.4, 0.5) is 4.79 Å². The van der Waals surface area contributed by atoms with Crippen molar-refractivity contribution < 1.29 is 14.4 Å². The lowest BCUT2D eigenvalue weighted by Crippen LogP contribution is -2.42. The van der Waals surface area contributed by atoms with Gasteiger partial charge in [-0.1, -0.05) is 6.42 Å². The molecule has 2 fully saturated rings. The second-order valence-corrected chi connectivity index (χ2v) is 7.31. The lowest BCUT2D eigenvalue weighted by Gasteiger charge is -2.32. The maximum atomic E-state index is 12.4. The number of carbonyl (C=O) groups excluding carboxylic acids is 3. The molecule has 3 aliphatic rings. The normalized spacial score (nSPS) is 24.0. The van der Waals surface area contributed by atoms with Crippen LogP contribution in [0.1, 0.15) is 56.1 Å². The minimum absolute atomic E-state index is 0.0164. The van der Waals surface area contributed by atoms with Crippen LogP contribution < -0.4 is 10.6 Å². The summed E-state index contributed by atoms with van der Waals surface area (Å²) in [5, 5.41) is 13.5. The zero-order valence-electron chi connectivity index (χ0n) is 14.7. The standard InChI is InChI=1S/C17H24N6O3/c24-14(10-12-16(25)19-17(26)18-12)22-8-5-11(6-9-22)15-21-20-13-4-2-1-3-7-23(13)15/h11-12H,1-10H2,(H2,18,19,25,26)/t12-/m1/s1. The second-order valence-electron chi connectivity index (χ2n) is 7.31. The van der Waals surface area contributed by atoms with Crippen molar-refractivity contribution in [3.05, 3.63) is 11.6 Å². The number of nitrogens with one attached hydrogen (secondary N) is 2. The molecule has 1 aromatic rings. The zero-order chi connectivity index (χ0) is 18.1. The number of aromatic nitrogens is 3. The van der Waals surface area contributed by atoms with Crippen LogP contribution in [0.15, 0.2) is 0 Å². The first-order valence-corrected chi connectivity index (χ1v) is 9.43. The first-order valence-electron chi connectivity index (χ1n) is 9.43. The summed E-state index contributed by atoms with van der Waals surface area (Å²) in [6.07, 6.45) is 6.31. The van der Waals surface area contributed by atoms with Crippen LogP contribution in [0.3, 0.4) is 0 Å². The highest BCUT2D eigenvalue weighted by molar-refractivity contribution is 6.05. The molecule has 26 heavy (non-hydrogen) atoms. The fourth-order valence-corrected chi connectivity index (χ4v) is 4.10. The van der Waals surface area contributed by atoms with E-state index in [1.807, 2.05) is 0 Å². The third-order valence-corrected chi connectivity index (χ3v) is 5.59. The number of nitrogens with zero attached hydrogens (tertiary/aromatic N) is 4. The van der Waals surface area contributed by atoms with Gasteiger partial charge < -0.3 is 14.8 Å². The molecule has 140 valence electrons. The number of hydrogen-bond acceptors (Lipinski definition) is 5. The molecule has 2 N–H and O–H groups in total. The van der Waals surface area contributed by atoms with Crippen molar-refractivity contribution in [2.45, 2.75) is 63.5 Å². The topological polar surface area (TPSA) is 109 Å². The number of imide groups is 1. The molecule has 4 heterocycles. The van der Waals surface area contributed by atoms with Gasteiger partial charge in [0.05, 0.1) is 6.42 Å². The van der Waals surface area contributed by atoms with Gasteiger partial charge in [-0.3, -0.25) is 14.9 Å². The minimum Gasteiger partial charge on any atom is -0.343 e. The molecule has 1 aromatic heterocycles. The second kappa shape index (κ2) is 7.05. The third kappa shape index (κ3) is 3.30. The van der Waals surface area contributed by atoms with Gasteiger partial charge in [-0.2, -0.15) is 0 Å². The molecule has 1 atom stereocenters. The third-order valence-electron chi connectivity index (χ3n) is 5.59. The zero-order valence-corrected chi connectivity index (χ0v) is 14.7. The van der Waals surface area contributed by atoms with E-state index >= 15 is 0 Å². The Labute approximate surface area is 151 Å². The highest BCUT2D eigenvalue weighted by Crippen LogP contribution is 2.29. The van der Waals surface area contributed by atoms with Crippen molar-refractivity contribution >= 4 is 17.8 Å². The van der Waals surface area contributed by atoms with E-state index in [0.29, 0.717) is 19.0 Å². The van der Waals surface area contributed by atoms with Crippen LogP contribution in [0, 0.1) is 0 Å². The highest BCUT2D eigenvalue weighted by atomic mass is 16.2. The number of amides is 4. The van der Waals surface area contributed by atoms with Crippen LogP contribution in [0.2, 0.25) is 0 Å². The van der Waals surface area contributed by atoms with E-state index < -0.39 is 18.0 Å². The summed E-state index contributed by atoms with van der Waals surface area (Å²) in [7, 11) is 0. The smallest absolute Gasteiger partial charge is 0.322 e. The maximum Gasteiger partial charge on any atom is 0.322 e. The van der Waals surface area contributed by atoms with Crippen LogP contribution in [0.5, 0.6) is 0 Å². The summed E-state index contributed by atoms with van der Waals surface area (Å²) in [5.74, 6) is 1.97. The van der Waals surface area contributed by atoms with Gasteiger partial charge >= 0.3 is 6.03 Å². The Balaban J connectivity index is 1.34. The number of urea groups is 1. The molecule has 0 radical (unpaired) electrons. The summed E-state index contributed by atoms with van der Waals surface area (Å²) in [6.45, 7) is 2.29. The Bertz CT molecular complexity index is 722. The molecule has 9 nitrogen and oxygen atoms in total. The summed E-state index contributed by atoms with van der Waals surface area (Å²) >= 11 is 0. The van der Waals surface area contributed by atoms with Crippen molar-refractivity contribution in [2.24, 2.45) is 0 Å². The predicted molar refractivity (Wildman–Crippen MR) is 91.2 cm³/mol. The van der Waals surface area contributed by atoms with E-state index in [1.54, 1.807) is 4.90 Å². The molecule has 0 spiro atoms. The summed E-state index contributed by atoms with van der Waals surface area (Å²) in [6, 6.07) is -1.28. The van der Waals surface area contributed by atoms with E-state index in [4.69, 9.17) is 0 Å². The molecular formula is C17H24N6O3. The van der Waals surface area contributed by atoms with E-state index in [1.165, 1.54) is 19.3 Å². The fraction of sp³-hybridized carbons (Fsp3) is 0.706. The minimum atomic E-state index is -0.750. The van der Waals surface area contributed by atoms with Gasteiger partial charge in [0.2, 0.25) is 5.91 Å². The predicted octanol–water partition coefficient (Wildman–Crippen LogP) is 0.309.